The van der Waals surface area contributed by atoms with Gasteiger partial charge in [0.05, 0.1) is 6.54 Å². The quantitative estimate of drug-likeness (QED) is 0.475. The highest BCUT2D eigenvalue weighted by Crippen LogP contribution is 2.43. The number of rotatable bonds is 5. The van der Waals surface area contributed by atoms with Gasteiger partial charge in [0.15, 0.2) is 0 Å². The molecule has 0 spiro atoms. The minimum absolute atomic E-state index is 0.421. The van der Waals surface area contributed by atoms with Crippen molar-refractivity contribution in [1.82, 2.24) is 4.41 Å². The summed E-state index contributed by atoms with van der Waals surface area (Å²) in [5, 5.41) is 6.62. The summed E-state index contributed by atoms with van der Waals surface area (Å²) >= 11 is 0. The predicted molar refractivity (Wildman–Crippen MR) is 137 cm³/mol. The Morgan fingerprint density at radius 2 is 1.70 bits per heavy atom. The molecule has 1 heterocycles. The van der Waals surface area contributed by atoms with Crippen molar-refractivity contribution in [2.24, 2.45) is 5.10 Å². The van der Waals surface area contributed by atoms with Crippen molar-refractivity contribution in [3.63, 3.8) is 0 Å². The Kier molecular flexibility index (Phi) is 5.67. The fraction of sp³-hybridized carbons (Fsp3) is 0.250. The van der Waals surface area contributed by atoms with Gasteiger partial charge >= 0.3 is 0 Å². The van der Waals surface area contributed by atoms with Gasteiger partial charge in [0, 0.05) is 6.21 Å². The molecule has 0 fully saturated rings. The summed E-state index contributed by atoms with van der Waals surface area (Å²) < 4.78 is 28.2. The molecular weight excluding hydrogens is 428 g/mol. The van der Waals surface area contributed by atoms with Crippen LogP contribution in [0.3, 0.4) is 0 Å². The molecule has 1 aliphatic carbocycles. The lowest BCUT2D eigenvalue weighted by molar-refractivity contribution is 0.395. The Hall–Kier alpha value is -3.18. The Morgan fingerprint density at radius 1 is 0.939 bits per heavy atom. The highest BCUT2D eigenvalue weighted by molar-refractivity contribution is 7.90. The zero-order valence-electron chi connectivity index (χ0n) is 18.8. The number of fused-ring (bicyclic) bond motifs is 1. The van der Waals surface area contributed by atoms with Crippen LogP contribution >= 0.6 is 0 Å². The summed E-state index contributed by atoms with van der Waals surface area (Å²) in [5.74, 6) is 0. The van der Waals surface area contributed by atoms with E-state index in [0.717, 1.165) is 40.5 Å². The van der Waals surface area contributed by atoms with E-state index in [9.17, 15) is 8.42 Å². The van der Waals surface area contributed by atoms with Crippen LogP contribution in [0.5, 0.6) is 0 Å². The average Bonchev–Trinajstić information content (AvgIpc) is 2.86. The molecule has 0 saturated heterocycles. The molecular formula is C28H28N2O2S. The lowest BCUT2D eigenvalue weighted by atomic mass is 9.82. The van der Waals surface area contributed by atoms with Crippen molar-refractivity contribution >= 4 is 32.6 Å². The maximum atomic E-state index is 14.0. The molecule has 5 heteroatoms. The van der Waals surface area contributed by atoms with Crippen LogP contribution in [0.15, 0.2) is 95.6 Å². The fourth-order valence-corrected chi connectivity index (χ4v) is 6.61. The molecule has 1 aliphatic heterocycles. The fourth-order valence-electron chi connectivity index (χ4n) is 4.77. The molecule has 168 valence electrons. The van der Waals surface area contributed by atoms with Crippen LogP contribution in [0, 0.1) is 0 Å². The zero-order chi connectivity index (χ0) is 22.9. The number of allylic oxidation sites excluding steroid dienone is 3. The summed E-state index contributed by atoms with van der Waals surface area (Å²) in [5.41, 5.74) is 4.10. The molecule has 33 heavy (non-hydrogen) atoms. The number of hydrogen-bond acceptors (Lipinski definition) is 3. The highest BCUT2D eigenvalue weighted by Gasteiger charge is 2.47. The third-order valence-electron chi connectivity index (χ3n) is 6.79. The summed E-state index contributed by atoms with van der Waals surface area (Å²) in [6, 6.07) is 24.7. The zero-order valence-corrected chi connectivity index (χ0v) is 19.6. The molecule has 0 amide bonds. The van der Waals surface area contributed by atoms with E-state index in [0.29, 0.717) is 19.4 Å². The van der Waals surface area contributed by atoms with Gasteiger partial charge in [-0.25, -0.2) is 8.42 Å². The first kappa shape index (κ1) is 21.7. The van der Waals surface area contributed by atoms with E-state index in [1.54, 1.807) is 6.21 Å². The molecule has 3 aromatic rings. The number of hydrogen-bond donors (Lipinski definition) is 0. The lowest BCUT2D eigenvalue weighted by Crippen LogP contribution is -2.48. The largest absolute Gasteiger partial charge is 0.259 e. The Labute approximate surface area is 196 Å². The van der Waals surface area contributed by atoms with E-state index in [4.69, 9.17) is 0 Å². The standard InChI is InChI=1S/C28H28N2O2S/c1-28(33(31,32)30-18-8-7-17-29-30)21-26(23-9-3-2-4-10-23)15-16-27(28)20-22-13-14-24-11-5-6-12-25(24)19-22/h2-6,9-17,19H,7-8,18,20-21H2,1H3/t28-/m0/s1. The van der Waals surface area contributed by atoms with Gasteiger partial charge in [0.1, 0.15) is 4.75 Å². The van der Waals surface area contributed by atoms with Gasteiger partial charge in [0.25, 0.3) is 10.0 Å². The Bertz CT molecular complexity index is 1370. The summed E-state index contributed by atoms with van der Waals surface area (Å²) in [6.45, 7) is 2.30. The number of sulfonamides is 1. The van der Waals surface area contributed by atoms with Crippen molar-refractivity contribution in [2.75, 3.05) is 6.54 Å². The average molecular weight is 457 g/mol. The highest BCUT2D eigenvalue weighted by atomic mass is 32.2. The maximum absolute atomic E-state index is 14.0. The van der Waals surface area contributed by atoms with E-state index >= 15 is 0 Å². The van der Waals surface area contributed by atoms with Gasteiger partial charge < -0.3 is 0 Å². The second kappa shape index (κ2) is 8.64. The van der Waals surface area contributed by atoms with Gasteiger partial charge in [-0.3, -0.25) is 0 Å². The topological polar surface area (TPSA) is 49.7 Å². The first-order valence-corrected chi connectivity index (χ1v) is 12.9. The maximum Gasteiger partial charge on any atom is 0.259 e. The molecule has 0 aromatic heterocycles. The van der Waals surface area contributed by atoms with E-state index in [2.05, 4.69) is 41.5 Å². The molecule has 3 aromatic carbocycles. The van der Waals surface area contributed by atoms with E-state index in [1.165, 1.54) is 9.80 Å². The van der Waals surface area contributed by atoms with Crippen LogP contribution in [-0.4, -0.2) is 30.3 Å². The minimum Gasteiger partial charge on any atom is -0.204 e. The molecule has 0 radical (unpaired) electrons. The first-order chi connectivity index (χ1) is 16.0. The SMILES string of the molecule is C[C@]1(S(=O)(=O)N2CCCC=N2)CC(c2ccccc2)=CC=C1Cc1ccc2ccccc2c1. The molecule has 0 bridgehead atoms. The normalized spacial score (nSPS) is 21.1. The molecule has 2 aliphatic rings. The molecule has 0 N–H and O–H groups in total. The van der Waals surface area contributed by atoms with Gasteiger partial charge in [-0.2, -0.15) is 9.52 Å². The lowest BCUT2D eigenvalue weighted by Gasteiger charge is -2.39. The van der Waals surface area contributed by atoms with Crippen molar-refractivity contribution in [1.29, 1.82) is 0 Å². The number of hydrazone groups is 1. The summed E-state index contributed by atoms with van der Waals surface area (Å²) in [7, 11) is -3.71. The number of nitrogens with zero attached hydrogens (tertiary/aromatic N) is 2. The van der Waals surface area contributed by atoms with Crippen molar-refractivity contribution < 1.29 is 8.42 Å². The van der Waals surface area contributed by atoms with Crippen LogP contribution in [0.25, 0.3) is 16.3 Å². The molecule has 1 atom stereocenters. The van der Waals surface area contributed by atoms with Crippen LogP contribution < -0.4 is 0 Å². The molecule has 4 nitrogen and oxygen atoms in total. The second-order valence-electron chi connectivity index (χ2n) is 9.01. The molecule has 0 unspecified atom stereocenters. The number of benzene rings is 3. The van der Waals surface area contributed by atoms with E-state index < -0.39 is 14.8 Å². The summed E-state index contributed by atoms with van der Waals surface area (Å²) in [4.78, 5) is 0. The first-order valence-electron chi connectivity index (χ1n) is 11.5. The molecule has 5 rings (SSSR count). The Morgan fingerprint density at radius 3 is 2.45 bits per heavy atom. The summed E-state index contributed by atoms with van der Waals surface area (Å²) in [6.07, 6.45) is 8.44. The van der Waals surface area contributed by atoms with Crippen LogP contribution in [-0.2, 0) is 16.4 Å². The monoisotopic (exact) mass is 456 g/mol. The molecule has 0 saturated carbocycles. The third kappa shape index (κ3) is 4.02. The van der Waals surface area contributed by atoms with Crippen LogP contribution in [0.1, 0.15) is 37.3 Å². The van der Waals surface area contributed by atoms with E-state index in [-0.39, 0.29) is 0 Å². The van der Waals surface area contributed by atoms with Gasteiger partial charge in [-0.05, 0) is 65.7 Å². The third-order valence-corrected chi connectivity index (χ3v) is 9.16. The van der Waals surface area contributed by atoms with Crippen molar-refractivity contribution in [2.45, 2.75) is 37.4 Å². The predicted octanol–water partition coefficient (Wildman–Crippen LogP) is 5.97. The van der Waals surface area contributed by atoms with Gasteiger partial charge in [-0.15, -0.1) is 0 Å². The van der Waals surface area contributed by atoms with Crippen LogP contribution in [0.2, 0.25) is 0 Å². The van der Waals surface area contributed by atoms with Crippen molar-refractivity contribution in [3.05, 3.63) is 102 Å². The minimum atomic E-state index is -3.71. The van der Waals surface area contributed by atoms with E-state index in [1.807, 2.05) is 55.5 Å². The smallest absolute Gasteiger partial charge is 0.204 e. The van der Waals surface area contributed by atoms with Crippen LogP contribution in [0.4, 0.5) is 0 Å². The van der Waals surface area contributed by atoms with Gasteiger partial charge in [-0.1, -0.05) is 84.9 Å². The Balaban J connectivity index is 1.58. The van der Waals surface area contributed by atoms with Gasteiger partial charge in [0.2, 0.25) is 0 Å². The van der Waals surface area contributed by atoms with Crippen molar-refractivity contribution in [3.8, 4) is 0 Å². The second-order valence-corrected chi connectivity index (χ2v) is 11.3.